The van der Waals surface area contributed by atoms with E-state index >= 15 is 0 Å². The lowest BCUT2D eigenvalue weighted by atomic mass is 10.1. The number of nitrogens with one attached hydrogen (secondary N) is 1. The molecule has 0 bridgehead atoms. The maximum atomic E-state index is 13.0. The molecule has 0 radical (unpaired) electrons. The Morgan fingerprint density at radius 2 is 1.70 bits per heavy atom. The van der Waals surface area contributed by atoms with Gasteiger partial charge in [-0.1, -0.05) is 61.0 Å². The molecule has 0 saturated carbocycles. The molecule has 1 N–H and O–H groups in total. The third-order valence-electron chi connectivity index (χ3n) is 4.47. The molecule has 0 aliphatic carbocycles. The summed E-state index contributed by atoms with van der Waals surface area (Å²) in [5.41, 5.74) is 2.03. The molecule has 144 valence electrons. The molecule has 2 amide bonds. The van der Waals surface area contributed by atoms with Crippen molar-refractivity contribution >= 4 is 23.4 Å². The lowest BCUT2D eigenvalue weighted by Crippen LogP contribution is -2.49. The predicted molar refractivity (Wildman–Crippen MR) is 110 cm³/mol. The van der Waals surface area contributed by atoms with Crippen LogP contribution in [0.15, 0.2) is 54.6 Å². The van der Waals surface area contributed by atoms with E-state index in [0.717, 1.165) is 17.5 Å². The van der Waals surface area contributed by atoms with Gasteiger partial charge < -0.3 is 10.2 Å². The van der Waals surface area contributed by atoms with Gasteiger partial charge in [0.15, 0.2) is 0 Å². The van der Waals surface area contributed by atoms with E-state index in [1.807, 2.05) is 49.4 Å². The number of hydrogen-bond acceptors (Lipinski definition) is 2. The summed E-state index contributed by atoms with van der Waals surface area (Å²) in [6.07, 6.45) is 1.82. The molecule has 2 rings (SSSR count). The molecule has 1 unspecified atom stereocenters. The summed E-state index contributed by atoms with van der Waals surface area (Å²) in [4.78, 5) is 27.1. The number of amides is 2. The number of carbonyl (C=O) groups is 2. The summed E-state index contributed by atoms with van der Waals surface area (Å²) in [7, 11) is 0. The van der Waals surface area contributed by atoms with Crippen molar-refractivity contribution in [3.8, 4) is 0 Å². The third kappa shape index (κ3) is 6.72. The highest BCUT2D eigenvalue weighted by atomic mass is 35.5. The van der Waals surface area contributed by atoms with Crippen LogP contribution in [0, 0.1) is 0 Å². The second kappa shape index (κ2) is 10.7. The molecule has 0 aliphatic heterocycles. The lowest BCUT2D eigenvalue weighted by molar-refractivity contribution is -0.139. The highest BCUT2D eigenvalue weighted by Crippen LogP contribution is 2.13. The standard InChI is InChI=1S/C22H27ClN2O2/c1-3-14-24-22(27)17(2)25(15-13-18-7-5-4-6-8-18)21(26)16-19-9-11-20(23)12-10-19/h4-12,17H,3,13-16H2,1-2H3,(H,24,27). The normalized spacial score (nSPS) is 11.7. The molecule has 0 aliphatic rings. The van der Waals surface area contributed by atoms with Crippen LogP contribution in [0.4, 0.5) is 0 Å². The number of carbonyl (C=O) groups excluding carboxylic acids is 2. The van der Waals surface area contributed by atoms with Crippen molar-refractivity contribution in [2.75, 3.05) is 13.1 Å². The quantitative estimate of drug-likeness (QED) is 0.711. The zero-order valence-electron chi connectivity index (χ0n) is 16.0. The predicted octanol–water partition coefficient (Wildman–Crippen LogP) is 3.87. The molecule has 1 atom stereocenters. The van der Waals surface area contributed by atoms with Gasteiger partial charge in [0.1, 0.15) is 6.04 Å². The first-order valence-corrected chi connectivity index (χ1v) is 9.74. The van der Waals surface area contributed by atoms with Gasteiger partial charge in [0.25, 0.3) is 0 Å². The van der Waals surface area contributed by atoms with Crippen molar-refractivity contribution in [1.29, 1.82) is 0 Å². The molecular weight excluding hydrogens is 360 g/mol. The fourth-order valence-electron chi connectivity index (χ4n) is 2.84. The summed E-state index contributed by atoms with van der Waals surface area (Å²) in [6, 6.07) is 16.7. The zero-order valence-corrected chi connectivity index (χ0v) is 16.7. The first-order chi connectivity index (χ1) is 13.0. The van der Waals surface area contributed by atoms with Crippen molar-refractivity contribution in [2.24, 2.45) is 0 Å². The zero-order chi connectivity index (χ0) is 19.6. The highest BCUT2D eigenvalue weighted by Gasteiger charge is 2.25. The van der Waals surface area contributed by atoms with Crippen molar-refractivity contribution in [1.82, 2.24) is 10.2 Å². The fourth-order valence-corrected chi connectivity index (χ4v) is 2.97. The topological polar surface area (TPSA) is 49.4 Å². The average molecular weight is 387 g/mol. The Kier molecular flexibility index (Phi) is 8.34. The van der Waals surface area contributed by atoms with Gasteiger partial charge in [0, 0.05) is 18.1 Å². The molecule has 4 nitrogen and oxygen atoms in total. The Hall–Kier alpha value is -2.33. The van der Waals surface area contributed by atoms with Crippen LogP contribution in [-0.4, -0.2) is 35.8 Å². The van der Waals surface area contributed by atoms with Gasteiger partial charge in [-0.3, -0.25) is 9.59 Å². The van der Waals surface area contributed by atoms with Crippen LogP contribution in [0.25, 0.3) is 0 Å². The summed E-state index contributed by atoms with van der Waals surface area (Å²) in [5.74, 6) is -0.179. The summed E-state index contributed by atoms with van der Waals surface area (Å²) < 4.78 is 0. The van der Waals surface area contributed by atoms with Crippen LogP contribution in [0.1, 0.15) is 31.4 Å². The number of hydrogen-bond donors (Lipinski definition) is 1. The minimum Gasteiger partial charge on any atom is -0.354 e. The Labute approximate surface area is 166 Å². The summed E-state index contributed by atoms with van der Waals surface area (Å²) >= 11 is 5.92. The van der Waals surface area contributed by atoms with Gasteiger partial charge >= 0.3 is 0 Å². The molecule has 2 aromatic rings. The second-order valence-electron chi connectivity index (χ2n) is 6.59. The molecule has 0 spiro atoms. The lowest BCUT2D eigenvalue weighted by Gasteiger charge is -2.29. The minimum atomic E-state index is -0.514. The summed E-state index contributed by atoms with van der Waals surface area (Å²) in [6.45, 7) is 4.90. The smallest absolute Gasteiger partial charge is 0.242 e. The Balaban J connectivity index is 2.10. The molecule has 27 heavy (non-hydrogen) atoms. The fraction of sp³-hybridized carbons (Fsp3) is 0.364. The molecule has 2 aromatic carbocycles. The van der Waals surface area contributed by atoms with E-state index in [4.69, 9.17) is 11.6 Å². The minimum absolute atomic E-state index is 0.0626. The SMILES string of the molecule is CCCNC(=O)C(C)N(CCc1ccccc1)C(=O)Cc1ccc(Cl)cc1. The van der Waals surface area contributed by atoms with Gasteiger partial charge in [0.05, 0.1) is 6.42 Å². The Morgan fingerprint density at radius 1 is 1.04 bits per heavy atom. The van der Waals surface area contributed by atoms with Crippen molar-refractivity contribution < 1.29 is 9.59 Å². The molecule has 0 aromatic heterocycles. The van der Waals surface area contributed by atoms with E-state index in [-0.39, 0.29) is 18.2 Å². The van der Waals surface area contributed by atoms with Crippen molar-refractivity contribution in [3.05, 3.63) is 70.7 Å². The van der Waals surface area contributed by atoms with E-state index < -0.39 is 6.04 Å². The van der Waals surface area contributed by atoms with Crippen LogP contribution in [0.3, 0.4) is 0 Å². The number of nitrogens with zero attached hydrogens (tertiary/aromatic N) is 1. The molecular formula is C22H27ClN2O2. The Morgan fingerprint density at radius 3 is 2.33 bits per heavy atom. The van der Waals surface area contributed by atoms with Crippen molar-refractivity contribution in [2.45, 2.75) is 39.2 Å². The molecule has 0 heterocycles. The van der Waals surface area contributed by atoms with Crippen molar-refractivity contribution in [3.63, 3.8) is 0 Å². The first kappa shape index (κ1) is 21.0. The first-order valence-electron chi connectivity index (χ1n) is 9.36. The van der Waals surface area contributed by atoms with Gasteiger partial charge in [0.2, 0.25) is 11.8 Å². The van der Waals surface area contributed by atoms with E-state index in [1.54, 1.807) is 24.0 Å². The van der Waals surface area contributed by atoms with Gasteiger partial charge in [-0.25, -0.2) is 0 Å². The van der Waals surface area contributed by atoms with Gasteiger partial charge in [-0.05, 0) is 43.0 Å². The van der Waals surface area contributed by atoms with E-state index in [1.165, 1.54) is 0 Å². The number of benzene rings is 2. The maximum Gasteiger partial charge on any atom is 0.242 e. The van der Waals surface area contributed by atoms with Gasteiger partial charge in [-0.15, -0.1) is 0 Å². The highest BCUT2D eigenvalue weighted by molar-refractivity contribution is 6.30. The molecule has 5 heteroatoms. The monoisotopic (exact) mass is 386 g/mol. The van der Waals surface area contributed by atoms with Crippen LogP contribution < -0.4 is 5.32 Å². The van der Waals surface area contributed by atoms with E-state index in [9.17, 15) is 9.59 Å². The van der Waals surface area contributed by atoms with Crippen LogP contribution in [0.2, 0.25) is 5.02 Å². The van der Waals surface area contributed by atoms with Crippen LogP contribution in [-0.2, 0) is 22.4 Å². The number of halogens is 1. The second-order valence-corrected chi connectivity index (χ2v) is 7.03. The Bertz CT molecular complexity index is 732. The van der Waals surface area contributed by atoms with E-state index in [0.29, 0.717) is 24.5 Å². The third-order valence-corrected chi connectivity index (χ3v) is 4.72. The average Bonchev–Trinajstić information content (AvgIpc) is 2.68. The van der Waals surface area contributed by atoms with E-state index in [2.05, 4.69) is 5.32 Å². The molecule has 0 saturated heterocycles. The maximum absolute atomic E-state index is 13.0. The number of rotatable bonds is 9. The van der Waals surface area contributed by atoms with Crippen LogP contribution >= 0.6 is 11.6 Å². The summed E-state index contributed by atoms with van der Waals surface area (Å²) in [5, 5.41) is 3.53. The van der Waals surface area contributed by atoms with Crippen LogP contribution in [0.5, 0.6) is 0 Å². The van der Waals surface area contributed by atoms with Gasteiger partial charge in [-0.2, -0.15) is 0 Å². The largest absolute Gasteiger partial charge is 0.354 e. The molecule has 0 fully saturated rings.